The standard InChI is InChI=1S/C11H12BrN3O3/c12-8-1-2-9(13-7-8)10(16)14-3-5-15(6-4-14)11(17)18/h1-2,7H,3-6H2,(H,17,18). The molecule has 0 aliphatic carbocycles. The zero-order valence-corrected chi connectivity index (χ0v) is 11.1. The number of hydrogen-bond acceptors (Lipinski definition) is 3. The van der Waals surface area contributed by atoms with Crippen molar-refractivity contribution in [3.8, 4) is 0 Å². The van der Waals surface area contributed by atoms with Crippen molar-refractivity contribution in [1.29, 1.82) is 0 Å². The number of aromatic nitrogens is 1. The molecule has 0 bridgehead atoms. The molecule has 1 aliphatic rings. The number of carbonyl (C=O) groups is 2. The fourth-order valence-electron chi connectivity index (χ4n) is 1.77. The van der Waals surface area contributed by atoms with Crippen LogP contribution in [0.3, 0.4) is 0 Å². The van der Waals surface area contributed by atoms with Crippen LogP contribution in [-0.2, 0) is 0 Å². The first-order valence-electron chi connectivity index (χ1n) is 5.46. The average Bonchev–Trinajstić information content (AvgIpc) is 2.39. The molecule has 1 saturated heterocycles. The number of carboxylic acid groups (broad SMARTS) is 1. The smallest absolute Gasteiger partial charge is 0.407 e. The Morgan fingerprint density at radius 3 is 2.28 bits per heavy atom. The van der Waals surface area contributed by atoms with Crippen molar-refractivity contribution in [1.82, 2.24) is 14.8 Å². The Balaban J connectivity index is 1.99. The molecule has 2 rings (SSSR count). The fraction of sp³-hybridized carbons (Fsp3) is 0.364. The van der Waals surface area contributed by atoms with Gasteiger partial charge in [-0.15, -0.1) is 0 Å². The van der Waals surface area contributed by atoms with Gasteiger partial charge in [0.05, 0.1) is 0 Å². The van der Waals surface area contributed by atoms with E-state index in [-0.39, 0.29) is 5.91 Å². The maximum absolute atomic E-state index is 12.1. The summed E-state index contributed by atoms with van der Waals surface area (Å²) in [6, 6.07) is 3.41. The van der Waals surface area contributed by atoms with Crippen molar-refractivity contribution in [2.45, 2.75) is 0 Å². The third kappa shape index (κ3) is 2.79. The molecule has 2 amide bonds. The zero-order valence-electron chi connectivity index (χ0n) is 9.54. The van der Waals surface area contributed by atoms with E-state index in [2.05, 4.69) is 20.9 Å². The molecule has 1 aliphatic heterocycles. The van der Waals surface area contributed by atoms with Crippen LogP contribution in [0.4, 0.5) is 4.79 Å². The van der Waals surface area contributed by atoms with Gasteiger partial charge in [-0.25, -0.2) is 9.78 Å². The van der Waals surface area contributed by atoms with Crippen molar-refractivity contribution >= 4 is 27.9 Å². The van der Waals surface area contributed by atoms with Crippen LogP contribution in [0.2, 0.25) is 0 Å². The lowest BCUT2D eigenvalue weighted by molar-refractivity contribution is 0.0619. The van der Waals surface area contributed by atoms with Gasteiger partial charge in [0.25, 0.3) is 5.91 Å². The molecule has 96 valence electrons. The molecule has 0 saturated carbocycles. The highest BCUT2D eigenvalue weighted by molar-refractivity contribution is 9.10. The molecule has 0 aromatic carbocycles. The second-order valence-corrected chi connectivity index (χ2v) is 4.84. The quantitative estimate of drug-likeness (QED) is 0.847. The van der Waals surface area contributed by atoms with Crippen LogP contribution in [0, 0.1) is 0 Å². The molecule has 2 heterocycles. The minimum atomic E-state index is -0.941. The zero-order chi connectivity index (χ0) is 13.1. The predicted molar refractivity (Wildman–Crippen MR) is 67.4 cm³/mol. The maximum atomic E-state index is 12.1. The van der Waals surface area contributed by atoms with E-state index in [4.69, 9.17) is 5.11 Å². The van der Waals surface area contributed by atoms with E-state index in [1.807, 2.05) is 0 Å². The maximum Gasteiger partial charge on any atom is 0.407 e. The lowest BCUT2D eigenvalue weighted by atomic mass is 10.2. The molecule has 18 heavy (non-hydrogen) atoms. The SMILES string of the molecule is O=C(O)N1CCN(C(=O)c2ccc(Br)cn2)CC1. The summed E-state index contributed by atoms with van der Waals surface area (Å²) in [7, 11) is 0. The van der Waals surface area contributed by atoms with Gasteiger partial charge in [0.2, 0.25) is 0 Å². The van der Waals surface area contributed by atoms with Crippen molar-refractivity contribution in [3.63, 3.8) is 0 Å². The van der Waals surface area contributed by atoms with Gasteiger partial charge in [-0.2, -0.15) is 0 Å². The first kappa shape index (κ1) is 12.8. The number of amides is 2. The highest BCUT2D eigenvalue weighted by atomic mass is 79.9. The minimum absolute atomic E-state index is 0.160. The van der Waals surface area contributed by atoms with Crippen LogP contribution in [-0.4, -0.2) is 58.1 Å². The van der Waals surface area contributed by atoms with Gasteiger partial charge in [-0.05, 0) is 28.1 Å². The monoisotopic (exact) mass is 313 g/mol. The average molecular weight is 314 g/mol. The molecule has 0 radical (unpaired) electrons. The van der Waals surface area contributed by atoms with Crippen LogP contribution < -0.4 is 0 Å². The first-order chi connectivity index (χ1) is 8.58. The Labute approximate surface area is 112 Å². The van der Waals surface area contributed by atoms with Gasteiger partial charge in [0.15, 0.2) is 0 Å². The highest BCUT2D eigenvalue weighted by Crippen LogP contribution is 2.11. The van der Waals surface area contributed by atoms with Crippen LogP contribution >= 0.6 is 15.9 Å². The van der Waals surface area contributed by atoms with Gasteiger partial charge in [0, 0.05) is 36.8 Å². The Hall–Kier alpha value is -1.63. The largest absolute Gasteiger partial charge is 0.465 e. The number of pyridine rings is 1. The lowest BCUT2D eigenvalue weighted by Gasteiger charge is -2.32. The predicted octanol–water partition coefficient (Wildman–Crippen LogP) is 1.28. The molecule has 1 aromatic heterocycles. The van der Waals surface area contributed by atoms with Gasteiger partial charge in [0.1, 0.15) is 5.69 Å². The molecular formula is C11H12BrN3O3. The summed E-state index contributed by atoms with van der Waals surface area (Å²) >= 11 is 3.26. The number of carbonyl (C=O) groups excluding carboxylic acids is 1. The summed E-state index contributed by atoms with van der Waals surface area (Å²) in [5.74, 6) is -0.160. The summed E-state index contributed by atoms with van der Waals surface area (Å²) in [5, 5.41) is 8.82. The Kier molecular flexibility index (Phi) is 3.81. The van der Waals surface area contributed by atoms with Crippen LogP contribution in [0.25, 0.3) is 0 Å². The number of halogens is 1. The van der Waals surface area contributed by atoms with E-state index in [0.717, 1.165) is 4.47 Å². The van der Waals surface area contributed by atoms with E-state index in [1.165, 1.54) is 4.90 Å². The number of nitrogens with zero attached hydrogens (tertiary/aromatic N) is 3. The van der Waals surface area contributed by atoms with Crippen LogP contribution in [0.5, 0.6) is 0 Å². The third-order valence-electron chi connectivity index (χ3n) is 2.78. The number of rotatable bonds is 1. The molecule has 1 N–H and O–H groups in total. The van der Waals surface area contributed by atoms with Crippen molar-refractivity contribution in [3.05, 3.63) is 28.5 Å². The second-order valence-electron chi connectivity index (χ2n) is 3.92. The Morgan fingerprint density at radius 1 is 1.17 bits per heavy atom. The topological polar surface area (TPSA) is 73.7 Å². The Morgan fingerprint density at radius 2 is 1.78 bits per heavy atom. The summed E-state index contributed by atoms with van der Waals surface area (Å²) in [4.78, 5) is 29.8. The molecule has 0 spiro atoms. The van der Waals surface area contributed by atoms with Crippen LogP contribution in [0.15, 0.2) is 22.8 Å². The summed E-state index contributed by atoms with van der Waals surface area (Å²) < 4.78 is 0.815. The van der Waals surface area contributed by atoms with Crippen molar-refractivity contribution < 1.29 is 14.7 Å². The third-order valence-corrected chi connectivity index (χ3v) is 3.25. The fourth-order valence-corrected chi connectivity index (χ4v) is 2.00. The first-order valence-corrected chi connectivity index (χ1v) is 6.26. The lowest BCUT2D eigenvalue weighted by Crippen LogP contribution is -2.50. The van der Waals surface area contributed by atoms with Gasteiger partial charge >= 0.3 is 6.09 Å². The summed E-state index contributed by atoms with van der Waals surface area (Å²) in [5.41, 5.74) is 0.377. The van der Waals surface area contributed by atoms with Gasteiger partial charge < -0.3 is 14.9 Å². The molecule has 0 unspecified atom stereocenters. The minimum Gasteiger partial charge on any atom is -0.465 e. The number of piperazine rings is 1. The van der Waals surface area contributed by atoms with Crippen LogP contribution in [0.1, 0.15) is 10.5 Å². The Bertz CT molecular complexity index is 455. The summed E-state index contributed by atoms with van der Waals surface area (Å²) in [6.07, 6.45) is 0.629. The molecule has 1 fully saturated rings. The van der Waals surface area contributed by atoms with E-state index >= 15 is 0 Å². The van der Waals surface area contributed by atoms with E-state index < -0.39 is 6.09 Å². The number of hydrogen-bond donors (Lipinski definition) is 1. The molecule has 1 aromatic rings. The molecular weight excluding hydrogens is 302 g/mol. The molecule has 0 atom stereocenters. The normalized spacial score (nSPS) is 15.6. The van der Waals surface area contributed by atoms with E-state index in [0.29, 0.717) is 31.9 Å². The highest BCUT2D eigenvalue weighted by Gasteiger charge is 2.24. The molecule has 6 nitrogen and oxygen atoms in total. The van der Waals surface area contributed by atoms with E-state index in [1.54, 1.807) is 23.2 Å². The molecule has 7 heteroatoms. The second kappa shape index (κ2) is 5.34. The van der Waals surface area contributed by atoms with Crippen molar-refractivity contribution in [2.24, 2.45) is 0 Å². The van der Waals surface area contributed by atoms with E-state index in [9.17, 15) is 9.59 Å². The van der Waals surface area contributed by atoms with Gasteiger partial charge in [-0.1, -0.05) is 0 Å². The summed E-state index contributed by atoms with van der Waals surface area (Å²) in [6.45, 7) is 1.50. The van der Waals surface area contributed by atoms with Crippen molar-refractivity contribution in [2.75, 3.05) is 26.2 Å². The van der Waals surface area contributed by atoms with Gasteiger partial charge in [-0.3, -0.25) is 4.79 Å².